The summed E-state index contributed by atoms with van der Waals surface area (Å²) in [4.78, 5) is 15.7. The van der Waals surface area contributed by atoms with Crippen LogP contribution in [0.25, 0.3) is 10.9 Å². The van der Waals surface area contributed by atoms with E-state index in [9.17, 15) is 14.3 Å². The summed E-state index contributed by atoms with van der Waals surface area (Å²) in [5.41, 5.74) is 0.619. The maximum atomic E-state index is 13.1. The highest BCUT2D eigenvalue weighted by atomic mass is 32.2. The molecule has 1 aromatic carbocycles. The Hall–Kier alpha value is -1.62. The van der Waals surface area contributed by atoms with Gasteiger partial charge in [-0.25, -0.2) is 9.37 Å². The molecule has 0 amide bonds. The summed E-state index contributed by atoms with van der Waals surface area (Å²) in [6.07, 6.45) is 1.77. The second-order valence-electron chi connectivity index (χ2n) is 3.56. The van der Waals surface area contributed by atoms with E-state index in [4.69, 9.17) is 0 Å². The summed E-state index contributed by atoms with van der Waals surface area (Å²) in [6.45, 7) is 1.35. The Labute approximate surface area is 102 Å². The summed E-state index contributed by atoms with van der Waals surface area (Å²) >= 11 is 1.27. The molecule has 2 rings (SSSR count). The first-order valence-electron chi connectivity index (χ1n) is 4.91. The normalized spacial score (nSPS) is 10.8. The largest absolute Gasteiger partial charge is 0.506 e. The first-order valence-corrected chi connectivity index (χ1v) is 6.14. The van der Waals surface area contributed by atoms with Crippen LogP contribution in [0.15, 0.2) is 23.2 Å². The molecule has 0 fully saturated rings. The standard InChI is InChI=1S/C12H10FNO2S/c1-6(15)10-11(16)8-5-7(13)3-4-9(8)14-12(10)17-2/h3-5H,1-2H3,(H,14,16). The number of hydrogen-bond donors (Lipinski definition) is 1. The molecule has 3 nitrogen and oxygen atoms in total. The van der Waals surface area contributed by atoms with Crippen LogP contribution in [-0.2, 0) is 0 Å². The molecule has 0 aliphatic rings. The molecule has 1 heterocycles. The molecule has 0 unspecified atom stereocenters. The van der Waals surface area contributed by atoms with Gasteiger partial charge in [-0.2, -0.15) is 0 Å². The van der Waals surface area contributed by atoms with Gasteiger partial charge in [0.15, 0.2) is 5.78 Å². The predicted octanol–water partition coefficient (Wildman–Crippen LogP) is 3.00. The average Bonchev–Trinajstić information content (AvgIpc) is 2.29. The van der Waals surface area contributed by atoms with Gasteiger partial charge in [0.2, 0.25) is 0 Å². The minimum Gasteiger partial charge on any atom is -0.506 e. The molecule has 5 heteroatoms. The molecule has 2 aromatic rings. The Morgan fingerprint density at radius 2 is 2.18 bits per heavy atom. The van der Waals surface area contributed by atoms with E-state index in [1.165, 1.54) is 36.9 Å². The zero-order valence-corrected chi connectivity index (χ0v) is 10.1. The summed E-state index contributed by atoms with van der Waals surface area (Å²) in [5.74, 6) is -0.960. The number of rotatable bonds is 2. The lowest BCUT2D eigenvalue weighted by atomic mass is 10.1. The van der Waals surface area contributed by atoms with Crippen molar-refractivity contribution in [1.29, 1.82) is 0 Å². The molecule has 0 atom stereocenters. The lowest BCUT2D eigenvalue weighted by Crippen LogP contribution is -1.99. The summed E-state index contributed by atoms with van der Waals surface area (Å²) in [7, 11) is 0. The number of nitrogens with zero attached hydrogens (tertiary/aromatic N) is 1. The van der Waals surface area contributed by atoms with Crippen LogP contribution in [0.3, 0.4) is 0 Å². The lowest BCUT2D eigenvalue weighted by Gasteiger charge is -2.09. The first kappa shape index (κ1) is 11.9. The third-order valence-corrected chi connectivity index (χ3v) is 3.11. The first-order chi connectivity index (χ1) is 8.04. The van der Waals surface area contributed by atoms with Gasteiger partial charge in [0.25, 0.3) is 0 Å². The molecule has 0 saturated carbocycles. The third kappa shape index (κ3) is 1.98. The fraction of sp³-hybridized carbons (Fsp3) is 0.167. The Morgan fingerprint density at radius 1 is 1.47 bits per heavy atom. The van der Waals surface area contributed by atoms with Crippen molar-refractivity contribution in [2.24, 2.45) is 0 Å². The molecule has 0 bridgehead atoms. The van der Waals surface area contributed by atoms with Gasteiger partial charge in [-0.15, -0.1) is 11.8 Å². The molecule has 1 N–H and O–H groups in total. The maximum Gasteiger partial charge on any atom is 0.166 e. The molecule has 0 spiro atoms. The highest BCUT2D eigenvalue weighted by molar-refractivity contribution is 7.98. The van der Waals surface area contributed by atoms with Gasteiger partial charge in [0, 0.05) is 5.39 Å². The Kier molecular flexibility index (Phi) is 3.02. The van der Waals surface area contributed by atoms with Gasteiger partial charge in [-0.1, -0.05) is 0 Å². The number of fused-ring (bicyclic) bond motifs is 1. The van der Waals surface area contributed by atoms with E-state index in [-0.39, 0.29) is 22.5 Å². The number of aromatic nitrogens is 1. The number of carbonyl (C=O) groups is 1. The van der Waals surface area contributed by atoms with Gasteiger partial charge in [0.05, 0.1) is 11.1 Å². The van der Waals surface area contributed by atoms with Gasteiger partial charge in [-0.05, 0) is 31.4 Å². The number of Topliss-reactive ketones (excluding diaryl/α,β-unsaturated/α-hetero) is 1. The van der Waals surface area contributed by atoms with E-state index in [0.29, 0.717) is 10.5 Å². The van der Waals surface area contributed by atoms with Crippen molar-refractivity contribution in [1.82, 2.24) is 4.98 Å². The Morgan fingerprint density at radius 3 is 2.76 bits per heavy atom. The minimum atomic E-state index is -0.471. The quantitative estimate of drug-likeness (QED) is 0.658. The number of carbonyl (C=O) groups excluding carboxylic acids is 1. The molecular formula is C12H10FNO2S. The van der Waals surface area contributed by atoms with Crippen molar-refractivity contribution in [3.63, 3.8) is 0 Å². The minimum absolute atomic E-state index is 0.149. The average molecular weight is 251 g/mol. The van der Waals surface area contributed by atoms with Crippen LogP contribution >= 0.6 is 11.8 Å². The van der Waals surface area contributed by atoms with Gasteiger partial charge < -0.3 is 5.11 Å². The van der Waals surface area contributed by atoms with Crippen LogP contribution < -0.4 is 0 Å². The van der Waals surface area contributed by atoms with E-state index in [1.54, 1.807) is 6.26 Å². The van der Waals surface area contributed by atoms with Crippen LogP contribution in [0, 0.1) is 5.82 Å². The van der Waals surface area contributed by atoms with E-state index < -0.39 is 5.82 Å². The van der Waals surface area contributed by atoms with Gasteiger partial charge >= 0.3 is 0 Å². The number of halogens is 1. The highest BCUT2D eigenvalue weighted by Gasteiger charge is 2.17. The molecular weight excluding hydrogens is 241 g/mol. The third-order valence-electron chi connectivity index (χ3n) is 2.43. The number of hydrogen-bond acceptors (Lipinski definition) is 4. The van der Waals surface area contributed by atoms with Crippen LogP contribution in [-0.4, -0.2) is 22.1 Å². The van der Waals surface area contributed by atoms with Crippen molar-refractivity contribution in [2.45, 2.75) is 11.9 Å². The SMILES string of the molecule is CSc1nc2ccc(F)cc2c(O)c1C(C)=O. The molecule has 17 heavy (non-hydrogen) atoms. The lowest BCUT2D eigenvalue weighted by molar-refractivity contribution is 0.101. The Bertz CT molecular complexity index is 613. The fourth-order valence-corrected chi connectivity index (χ4v) is 2.30. The van der Waals surface area contributed by atoms with Crippen LogP contribution in [0.5, 0.6) is 5.75 Å². The van der Waals surface area contributed by atoms with E-state index in [2.05, 4.69) is 4.98 Å². The number of benzene rings is 1. The van der Waals surface area contributed by atoms with Crippen LogP contribution in [0.2, 0.25) is 0 Å². The molecule has 1 aromatic heterocycles. The van der Waals surface area contributed by atoms with Crippen molar-refractivity contribution < 1.29 is 14.3 Å². The molecule has 0 aliphatic heterocycles. The molecule has 0 radical (unpaired) electrons. The van der Waals surface area contributed by atoms with Gasteiger partial charge in [0.1, 0.15) is 16.6 Å². The molecule has 0 aliphatic carbocycles. The van der Waals surface area contributed by atoms with Crippen molar-refractivity contribution >= 4 is 28.4 Å². The van der Waals surface area contributed by atoms with E-state index in [1.807, 2.05) is 0 Å². The summed E-state index contributed by atoms with van der Waals surface area (Å²) < 4.78 is 13.1. The summed E-state index contributed by atoms with van der Waals surface area (Å²) in [6, 6.07) is 3.93. The molecule has 88 valence electrons. The van der Waals surface area contributed by atoms with Crippen molar-refractivity contribution in [3.05, 3.63) is 29.6 Å². The monoisotopic (exact) mass is 251 g/mol. The van der Waals surface area contributed by atoms with E-state index in [0.717, 1.165) is 0 Å². The number of aromatic hydroxyl groups is 1. The predicted molar refractivity (Wildman–Crippen MR) is 65.2 cm³/mol. The Balaban J connectivity index is 2.88. The second kappa shape index (κ2) is 4.33. The van der Waals surface area contributed by atoms with Crippen LogP contribution in [0.4, 0.5) is 4.39 Å². The summed E-state index contributed by atoms with van der Waals surface area (Å²) in [5, 5.41) is 10.7. The van der Waals surface area contributed by atoms with Crippen LogP contribution in [0.1, 0.15) is 17.3 Å². The second-order valence-corrected chi connectivity index (χ2v) is 4.36. The fourth-order valence-electron chi connectivity index (χ4n) is 1.66. The number of pyridine rings is 1. The highest BCUT2D eigenvalue weighted by Crippen LogP contribution is 2.34. The topological polar surface area (TPSA) is 50.2 Å². The maximum absolute atomic E-state index is 13.1. The number of thioether (sulfide) groups is 1. The zero-order chi connectivity index (χ0) is 12.6. The zero-order valence-electron chi connectivity index (χ0n) is 9.32. The van der Waals surface area contributed by atoms with Gasteiger partial charge in [-0.3, -0.25) is 4.79 Å². The van der Waals surface area contributed by atoms with E-state index >= 15 is 0 Å². The smallest absolute Gasteiger partial charge is 0.166 e. The number of ketones is 1. The van der Waals surface area contributed by atoms with Crippen molar-refractivity contribution in [3.8, 4) is 5.75 Å². The van der Waals surface area contributed by atoms with Crippen molar-refractivity contribution in [2.75, 3.05) is 6.26 Å². The molecule has 0 saturated heterocycles.